The van der Waals surface area contributed by atoms with Crippen LogP contribution in [-0.4, -0.2) is 36.7 Å². The molecular weight excluding hydrogens is 242 g/mol. The molecule has 0 aliphatic rings. The fraction of sp³-hybridized carbons (Fsp3) is 0.615. The summed E-state index contributed by atoms with van der Waals surface area (Å²) in [5.74, 6) is 1.44. The third-order valence-corrected chi connectivity index (χ3v) is 2.76. The summed E-state index contributed by atoms with van der Waals surface area (Å²) in [4.78, 5) is 10.8. The van der Waals surface area contributed by atoms with Crippen molar-refractivity contribution in [2.75, 3.05) is 37.0 Å². The number of anilines is 2. The van der Waals surface area contributed by atoms with Crippen LogP contribution in [0, 0.1) is 11.3 Å². The monoisotopic (exact) mass is 263 g/mol. The van der Waals surface area contributed by atoms with Gasteiger partial charge in [-0.1, -0.05) is 6.92 Å². The summed E-state index contributed by atoms with van der Waals surface area (Å²) in [5.41, 5.74) is 0.354. The summed E-state index contributed by atoms with van der Waals surface area (Å²) in [7, 11) is 1.51. The van der Waals surface area contributed by atoms with Crippen LogP contribution in [0.15, 0.2) is 0 Å². The minimum Gasteiger partial charge on any atom is -0.480 e. The first kappa shape index (κ1) is 15.0. The molecule has 0 amide bonds. The van der Waals surface area contributed by atoms with Crippen LogP contribution in [0.4, 0.5) is 11.8 Å². The van der Waals surface area contributed by atoms with Crippen LogP contribution >= 0.6 is 0 Å². The van der Waals surface area contributed by atoms with Gasteiger partial charge in [0.05, 0.1) is 7.11 Å². The maximum Gasteiger partial charge on any atom is 0.238 e. The first-order valence-corrected chi connectivity index (χ1v) is 6.56. The maximum absolute atomic E-state index is 9.21. The number of aromatic nitrogens is 2. The van der Waals surface area contributed by atoms with E-state index in [1.54, 1.807) is 0 Å². The van der Waals surface area contributed by atoms with Crippen molar-refractivity contribution in [2.24, 2.45) is 0 Å². The number of nitriles is 1. The van der Waals surface area contributed by atoms with Crippen molar-refractivity contribution in [2.45, 2.75) is 27.2 Å². The van der Waals surface area contributed by atoms with Gasteiger partial charge in [0.15, 0.2) is 11.4 Å². The Labute approximate surface area is 114 Å². The molecule has 1 aromatic rings. The molecule has 104 valence electrons. The second-order valence-corrected chi connectivity index (χ2v) is 3.97. The van der Waals surface area contributed by atoms with Crippen molar-refractivity contribution >= 4 is 11.8 Å². The minimum absolute atomic E-state index is 0.318. The molecule has 0 spiro atoms. The summed E-state index contributed by atoms with van der Waals surface area (Å²) in [5, 5.41) is 12.4. The summed E-state index contributed by atoms with van der Waals surface area (Å²) in [6, 6.07) is 2.10. The molecule has 0 radical (unpaired) electrons. The standard InChI is InChI=1S/C13H21N5O/c1-5-8-15-11-10(9-14)12(19-4)17-13(16-11)18(6-2)7-3/h5-8H2,1-4H3,(H,15,16,17). The number of methoxy groups -OCH3 is 1. The molecule has 19 heavy (non-hydrogen) atoms. The molecule has 0 saturated carbocycles. The number of hydrogen-bond donors (Lipinski definition) is 1. The molecule has 0 bridgehead atoms. The van der Waals surface area contributed by atoms with Crippen LogP contribution < -0.4 is 15.0 Å². The van der Waals surface area contributed by atoms with Gasteiger partial charge in [-0.25, -0.2) is 0 Å². The highest BCUT2D eigenvalue weighted by molar-refractivity contribution is 5.60. The van der Waals surface area contributed by atoms with Gasteiger partial charge in [0.25, 0.3) is 0 Å². The number of ether oxygens (including phenoxy) is 1. The van der Waals surface area contributed by atoms with Gasteiger partial charge in [-0.15, -0.1) is 0 Å². The van der Waals surface area contributed by atoms with Crippen molar-refractivity contribution < 1.29 is 4.74 Å². The van der Waals surface area contributed by atoms with Gasteiger partial charge >= 0.3 is 0 Å². The Hall–Kier alpha value is -2.03. The van der Waals surface area contributed by atoms with Gasteiger partial charge in [-0.05, 0) is 20.3 Å². The Bertz CT molecular complexity index is 451. The third kappa shape index (κ3) is 3.47. The van der Waals surface area contributed by atoms with E-state index in [4.69, 9.17) is 4.74 Å². The maximum atomic E-state index is 9.21. The SMILES string of the molecule is CCCNc1nc(N(CC)CC)nc(OC)c1C#N. The van der Waals surface area contributed by atoms with Crippen LogP contribution in [-0.2, 0) is 0 Å². The fourth-order valence-corrected chi connectivity index (χ4v) is 1.70. The predicted octanol–water partition coefficient (Wildman–Crippen LogP) is 2.02. The lowest BCUT2D eigenvalue weighted by Crippen LogP contribution is -2.25. The highest BCUT2D eigenvalue weighted by atomic mass is 16.5. The van der Waals surface area contributed by atoms with Gasteiger partial charge < -0.3 is 15.0 Å². The van der Waals surface area contributed by atoms with Gasteiger partial charge in [0.1, 0.15) is 6.07 Å². The van der Waals surface area contributed by atoms with Crippen LogP contribution in [0.25, 0.3) is 0 Å². The highest BCUT2D eigenvalue weighted by Gasteiger charge is 2.17. The van der Waals surface area contributed by atoms with E-state index in [9.17, 15) is 5.26 Å². The molecule has 0 fully saturated rings. The van der Waals surface area contributed by atoms with E-state index in [0.29, 0.717) is 23.2 Å². The molecule has 0 atom stereocenters. The summed E-state index contributed by atoms with van der Waals surface area (Å²) >= 11 is 0. The molecule has 1 rings (SSSR count). The van der Waals surface area contributed by atoms with Crippen molar-refractivity contribution in [1.29, 1.82) is 5.26 Å². The van der Waals surface area contributed by atoms with Crippen molar-refractivity contribution in [1.82, 2.24) is 9.97 Å². The van der Waals surface area contributed by atoms with E-state index in [1.165, 1.54) is 7.11 Å². The first-order valence-electron chi connectivity index (χ1n) is 6.56. The van der Waals surface area contributed by atoms with Gasteiger partial charge in [0.2, 0.25) is 11.8 Å². The van der Waals surface area contributed by atoms with Gasteiger partial charge in [-0.2, -0.15) is 15.2 Å². The molecule has 0 aliphatic carbocycles. The topological polar surface area (TPSA) is 74.1 Å². The second-order valence-electron chi connectivity index (χ2n) is 3.97. The van der Waals surface area contributed by atoms with Crippen LogP contribution in [0.1, 0.15) is 32.8 Å². The van der Waals surface area contributed by atoms with Gasteiger partial charge in [0, 0.05) is 19.6 Å². The predicted molar refractivity (Wildman–Crippen MR) is 75.6 cm³/mol. The van der Waals surface area contributed by atoms with E-state index < -0.39 is 0 Å². The Balaban J connectivity index is 3.25. The molecule has 0 saturated heterocycles. The molecule has 0 aromatic carbocycles. The average molecular weight is 263 g/mol. The zero-order valence-electron chi connectivity index (χ0n) is 12.0. The Morgan fingerprint density at radius 2 is 1.95 bits per heavy atom. The Kier molecular flexibility index (Phi) is 5.86. The fourth-order valence-electron chi connectivity index (χ4n) is 1.70. The normalized spacial score (nSPS) is 9.84. The molecule has 1 heterocycles. The summed E-state index contributed by atoms with van der Waals surface area (Å²) < 4.78 is 5.20. The van der Waals surface area contributed by atoms with Crippen LogP contribution in [0.2, 0.25) is 0 Å². The molecule has 0 aliphatic heterocycles. The second kappa shape index (κ2) is 7.41. The average Bonchev–Trinajstić information content (AvgIpc) is 2.45. The van der Waals surface area contributed by atoms with E-state index >= 15 is 0 Å². The largest absolute Gasteiger partial charge is 0.480 e. The molecule has 6 nitrogen and oxygen atoms in total. The van der Waals surface area contributed by atoms with E-state index in [0.717, 1.165) is 26.1 Å². The first-order chi connectivity index (χ1) is 9.21. The van der Waals surface area contributed by atoms with Crippen LogP contribution in [0.5, 0.6) is 5.88 Å². The summed E-state index contributed by atoms with van der Waals surface area (Å²) in [6.07, 6.45) is 0.956. The lowest BCUT2D eigenvalue weighted by atomic mass is 10.3. The van der Waals surface area contributed by atoms with E-state index in [2.05, 4.69) is 28.3 Å². The zero-order chi connectivity index (χ0) is 14.3. The lowest BCUT2D eigenvalue weighted by molar-refractivity contribution is 0.395. The lowest BCUT2D eigenvalue weighted by Gasteiger charge is -2.20. The van der Waals surface area contributed by atoms with Crippen LogP contribution in [0.3, 0.4) is 0 Å². The van der Waals surface area contributed by atoms with Crippen molar-refractivity contribution in [3.8, 4) is 11.9 Å². The van der Waals surface area contributed by atoms with E-state index in [-0.39, 0.29) is 0 Å². The Morgan fingerprint density at radius 1 is 1.26 bits per heavy atom. The third-order valence-electron chi connectivity index (χ3n) is 2.76. The Morgan fingerprint density at radius 3 is 2.42 bits per heavy atom. The summed E-state index contributed by atoms with van der Waals surface area (Å²) in [6.45, 7) is 8.50. The van der Waals surface area contributed by atoms with E-state index in [1.807, 2.05) is 18.7 Å². The molecule has 1 N–H and O–H groups in total. The molecule has 1 aromatic heterocycles. The number of nitrogens with zero attached hydrogens (tertiary/aromatic N) is 4. The zero-order valence-corrected chi connectivity index (χ0v) is 12.0. The number of rotatable bonds is 7. The highest BCUT2D eigenvalue weighted by Crippen LogP contribution is 2.25. The number of nitrogens with one attached hydrogen (secondary N) is 1. The quantitative estimate of drug-likeness (QED) is 0.811. The molecular formula is C13H21N5O. The van der Waals surface area contributed by atoms with Crippen molar-refractivity contribution in [3.63, 3.8) is 0 Å². The van der Waals surface area contributed by atoms with Crippen molar-refractivity contribution in [3.05, 3.63) is 5.56 Å². The molecule has 6 heteroatoms. The minimum atomic E-state index is 0.318. The number of hydrogen-bond acceptors (Lipinski definition) is 6. The van der Waals surface area contributed by atoms with Gasteiger partial charge in [-0.3, -0.25) is 0 Å². The smallest absolute Gasteiger partial charge is 0.238 e. The molecule has 0 unspecified atom stereocenters.